The first kappa shape index (κ1) is 17.0. The zero-order chi connectivity index (χ0) is 17.8. The fraction of sp³-hybridized carbons (Fsp3) is 0.400. The van der Waals surface area contributed by atoms with Crippen LogP contribution < -0.4 is 10.1 Å². The molecule has 0 spiro atoms. The molecule has 4 rings (SSSR count). The Balaban J connectivity index is 1.38. The molecule has 2 aliphatic rings. The van der Waals surface area contributed by atoms with Crippen molar-refractivity contribution in [3.8, 4) is 11.6 Å². The van der Waals surface area contributed by atoms with Crippen LogP contribution in [0.2, 0.25) is 0 Å². The van der Waals surface area contributed by atoms with Crippen LogP contribution in [-0.2, 0) is 9.47 Å². The van der Waals surface area contributed by atoms with Gasteiger partial charge in [-0.15, -0.1) is 0 Å². The fourth-order valence-electron chi connectivity index (χ4n) is 3.50. The summed E-state index contributed by atoms with van der Waals surface area (Å²) in [6, 6.07) is 12.7. The average Bonchev–Trinajstić information content (AvgIpc) is 2.69. The number of aromatic nitrogens is 1. The molecule has 1 amide bonds. The number of nitrogens with zero attached hydrogens (tertiary/aromatic N) is 1. The summed E-state index contributed by atoms with van der Waals surface area (Å²) in [6.07, 6.45) is 4.53. The van der Waals surface area contributed by atoms with Crippen molar-refractivity contribution in [1.29, 1.82) is 0 Å². The summed E-state index contributed by atoms with van der Waals surface area (Å²) in [5.41, 5.74) is 0.571. The topological polar surface area (TPSA) is 69.7 Å². The average molecular weight is 354 g/mol. The van der Waals surface area contributed by atoms with Crippen LogP contribution in [0.25, 0.3) is 0 Å². The zero-order valence-electron chi connectivity index (χ0n) is 14.5. The molecule has 1 saturated heterocycles. The molecule has 6 heteroatoms. The number of rotatable bonds is 4. The lowest BCUT2D eigenvalue weighted by atomic mass is 9.89. The second-order valence-electron chi connectivity index (χ2n) is 6.60. The molecule has 2 aromatic rings. The van der Waals surface area contributed by atoms with Crippen molar-refractivity contribution in [3.05, 3.63) is 54.2 Å². The van der Waals surface area contributed by atoms with Crippen LogP contribution in [0.15, 0.2) is 48.7 Å². The number of carbonyl (C=O) groups excluding carboxylic acids is 1. The van der Waals surface area contributed by atoms with Crippen molar-refractivity contribution in [3.63, 3.8) is 0 Å². The summed E-state index contributed by atoms with van der Waals surface area (Å²) in [5, 5.41) is 3.11. The second kappa shape index (κ2) is 7.85. The van der Waals surface area contributed by atoms with Gasteiger partial charge in [0.05, 0.1) is 25.4 Å². The molecule has 1 aliphatic heterocycles. The highest BCUT2D eigenvalue weighted by molar-refractivity contribution is 5.94. The third kappa shape index (κ3) is 4.03. The molecule has 1 aliphatic carbocycles. The number of hydrogen-bond donors (Lipinski definition) is 1. The quantitative estimate of drug-likeness (QED) is 0.914. The number of nitrogens with one attached hydrogen (secondary N) is 1. The molecule has 3 unspecified atom stereocenters. The van der Waals surface area contributed by atoms with Crippen molar-refractivity contribution in [2.45, 2.75) is 37.5 Å². The largest absolute Gasteiger partial charge is 0.439 e. The minimum absolute atomic E-state index is 0.0848. The molecule has 26 heavy (non-hydrogen) atoms. The zero-order valence-corrected chi connectivity index (χ0v) is 14.5. The molecule has 6 nitrogen and oxygen atoms in total. The van der Waals surface area contributed by atoms with Gasteiger partial charge in [-0.1, -0.05) is 12.1 Å². The summed E-state index contributed by atoms with van der Waals surface area (Å²) < 4.78 is 17.2. The predicted octanol–water partition coefficient (Wildman–Crippen LogP) is 2.94. The third-order valence-electron chi connectivity index (χ3n) is 4.77. The first-order valence-corrected chi connectivity index (χ1v) is 9.01. The molecule has 3 atom stereocenters. The molecule has 1 N–H and O–H groups in total. The minimum Gasteiger partial charge on any atom is -0.439 e. The van der Waals surface area contributed by atoms with E-state index in [1.54, 1.807) is 24.4 Å². The SMILES string of the molecule is O=C(NC1CCC2OCCOC2C1)c1cccc(Oc2ccccn2)c1. The molecule has 1 aromatic heterocycles. The molecular weight excluding hydrogens is 332 g/mol. The van der Waals surface area contributed by atoms with Crippen LogP contribution in [0.3, 0.4) is 0 Å². The third-order valence-corrected chi connectivity index (χ3v) is 4.77. The van der Waals surface area contributed by atoms with E-state index in [2.05, 4.69) is 10.3 Å². The first-order valence-electron chi connectivity index (χ1n) is 9.01. The lowest BCUT2D eigenvalue weighted by Gasteiger charge is -2.39. The molecule has 2 fully saturated rings. The number of fused-ring (bicyclic) bond motifs is 1. The minimum atomic E-state index is -0.100. The molecule has 136 valence electrons. The van der Waals surface area contributed by atoms with E-state index in [-0.39, 0.29) is 24.2 Å². The van der Waals surface area contributed by atoms with Gasteiger partial charge in [0, 0.05) is 23.9 Å². The Hall–Kier alpha value is -2.44. The summed E-state index contributed by atoms with van der Waals surface area (Å²) >= 11 is 0. The lowest BCUT2D eigenvalue weighted by Crippen LogP contribution is -2.49. The van der Waals surface area contributed by atoms with Crippen LogP contribution in [0, 0.1) is 0 Å². The summed E-state index contributed by atoms with van der Waals surface area (Å²) in [4.78, 5) is 16.8. The summed E-state index contributed by atoms with van der Waals surface area (Å²) in [6.45, 7) is 1.30. The Morgan fingerprint density at radius 3 is 2.81 bits per heavy atom. The van der Waals surface area contributed by atoms with Crippen LogP contribution in [0.1, 0.15) is 29.6 Å². The maximum absolute atomic E-state index is 12.6. The van der Waals surface area contributed by atoms with E-state index < -0.39 is 0 Å². The Labute approximate surface area is 152 Å². The Kier molecular flexibility index (Phi) is 5.13. The number of amides is 1. The van der Waals surface area contributed by atoms with Gasteiger partial charge in [0.2, 0.25) is 5.88 Å². The Morgan fingerprint density at radius 1 is 1.08 bits per heavy atom. The lowest BCUT2D eigenvalue weighted by molar-refractivity contribution is -0.157. The molecule has 1 aromatic carbocycles. The van der Waals surface area contributed by atoms with Crippen molar-refractivity contribution in [1.82, 2.24) is 10.3 Å². The van der Waals surface area contributed by atoms with Gasteiger partial charge in [-0.25, -0.2) is 4.98 Å². The van der Waals surface area contributed by atoms with Crippen molar-refractivity contribution in [2.24, 2.45) is 0 Å². The van der Waals surface area contributed by atoms with Gasteiger partial charge in [0.15, 0.2) is 0 Å². The number of pyridine rings is 1. The highest BCUT2D eigenvalue weighted by Gasteiger charge is 2.34. The fourth-order valence-corrected chi connectivity index (χ4v) is 3.50. The van der Waals surface area contributed by atoms with Gasteiger partial charge in [-0.05, 0) is 43.5 Å². The van der Waals surface area contributed by atoms with Gasteiger partial charge in [0.1, 0.15) is 5.75 Å². The number of hydrogen-bond acceptors (Lipinski definition) is 5. The Bertz CT molecular complexity index is 752. The summed E-state index contributed by atoms with van der Waals surface area (Å²) in [5.74, 6) is 0.985. The molecule has 0 radical (unpaired) electrons. The Morgan fingerprint density at radius 2 is 1.96 bits per heavy atom. The molecule has 0 bridgehead atoms. The standard InChI is InChI=1S/C20H22N2O4/c23-20(22-15-7-8-17-18(13-15)25-11-10-24-17)14-4-3-5-16(12-14)26-19-6-1-2-9-21-19/h1-6,9,12,15,17-18H,7-8,10-11,13H2,(H,22,23). The number of ether oxygens (including phenoxy) is 3. The number of carbonyl (C=O) groups is 1. The van der Waals surface area contributed by atoms with Gasteiger partial charge in [-0.2, -0.15) is 0 Å². The van der Waals surface area contributed by atoms with E-state index in [1.807, 2.05) is 24.3 Å². The van der Waals surface area contributed by atoms with E-state index in [0.717, 1.165) is 19.3 Å². The van der Waals surface area contributed by atoms with Gasteiger partial charge < -0.3 is 19.5 Å². The van der Waals surface area contributed by atoms with E-state index >= 15 is 0 Å². The maximum atomic E-state index is 12.6. The number of benzene rings is 1. The highest BCUT2D eigenvalue weighted by Crippen LogP contribution is 2.27. The van der Waals surface area contributed by atoms with Crippen molar-refractivity contribution in [2.75, 3.05) is 13.2 Å². The molecule has 1 saturated carbocycles. The van der Waals surface area contributed by atoms with Crippen LogP contribution in [0.5, 0.6) is 11.6 Å². The predicted molar refractivity (Wildman–Crippen MR) is 95.3 cm³/mol. The van der Waals surface area contributed by atoms with Gasteiger partial charge in [-0.3, -0.25) is 4.79 Å². The summed E-state index contributed by atoms with van der Waals surface area (Å²) in [7, 11) is 0. The van der Waals surface area contributed by atoms with Crippen molar-refractivity contribution >= 4 is 5.91 Å². The van der Waals surface area contributed by atoms with E-state index in [0.29, 0.717) is 30.4 Å². The normalized spacial score (nSPS) is 25.2. The van der Waals surface area contributed by atoms with Gasteiger partial charge in [0.25, 0.3) is 5.91 Å². The van der Waals surface area contributed by atoms with E-state index in [1.165, 1.54) is 0 Å². The second-order valence-corrected chi connectivity index (χ2v) is 6.60. The monoisotopic (exact) mass is 354 g/mol. The van der Waals surface area contributed by atoms with Crippen molar-refractivity contribution < 1.29 is 19.0 Å². The first-order chi connectivity index (χ1) is 12.8. The molecule has 2 heterocycles. The molecular formula is C20H22N2O4. The van der Waals surface area contributed by atoms with Crippen LogP contribution in [-0.4, -0.2) is 42.4 Å². The van der Waals surface area contributed by atoms with Gasteiger partial charge >= 0.3 is 0 Å². The van der Waals surface area contributed by atoms with Crippen LogP contribution >= 0.6 is 0 Å². The maximum Gasteiger partial charge on any atom is 0.251 e. The smallest absolute Gasteiger partial charge is 0.251 e. The van der Waals surface area contributed by atoms with E-state index in [9.17, 15) is 4.79 Å². The van der Waals surface area contributed by atoms with E-state index in [4.69, 9.17) is 14.2 Å². The van der Waals surface area contributed by atoms with Crippen LogP contribution in [0.4, 0.5) is 0 Å². The highest BCUT2D eigenvalue weighted by atomic mass is 16.6.